The molecule has 0 saturated heterocycles. The molecule has 0 radical (unpaired) electrons. The SMILES string of the molecule is CC(C)c1nc2c(c(I)c1C(=O)O)C(O)CC(C)(C)C2. The number of aliphatic hydroxyl groups excluding tert-OH is 1. The third-order valence-electron chi connectivity index (χ3n) is 3.76. The molecule has 1 atom stereocenters. The molecule has 1 aliphatic rings. The largest absolute Gasteiger partial charge is 0.478 e. The first kappa shape index (κ1) is 15.7. The van der Waals surface area contributed by atoms with E-state index in [0.29, 0.717) is 21.2 Å². The van der Waals surface area contributed by atoms with Gasteiger partial charge in [-0.05, 0) is 46.8 Å². The van der Waals surface area contributed by atoms with Crippen LogP contribution >= 0.6 is 22.6 Å². The zero-order chi connectivity index (χ0) is 15.2. The van der Waals surface area contributed by atoms with Gasteiger partial charge < -0.3 is 10.2 Å². The van der Waals surface area contributed by atoms with Gasteiger partial charge >= 0.3 is 5.97 Å². The number of fused-ring (bicyclic) bond motifs is 1. The highest BCUT2D eigenvalue weighted by molar-refractivity contribution is 14.1. The van der Waals surface area contributed by atoms with Crippen molar-refractivity contribution in [3.05, 3.63) is 26.1 Å². The van der Waals surface area contributed by atoms with E-state index in [0.717, 1.165) is 12.1 Å². The van der Waals surface area contributed by atoms with Gasteiger partial charge in [0.15, 0.2) is 0 Å². The van der Waals surface area contributed by atoms with Crippen molar-refractivity contribution < 1.29 is 15.0 Å². The molecule has 1 unspecified atom stereocenters. The smallest absolute Gasteiger partial charge is 0.338 e. The third kappa shape index (κ3) is 2.70. The molecule has 110 valence electrons. The van der Waals surface area contributed by atoms with Gasteiger partial charge in [-0.25, -0.2) is 4.79 Å². The van der Waals surface area contributed by atoms with Crippen molar-refractivity contribution in [1.29, 1.82) is 0 Å². The summed E-state index contributed by atoms with van der Waals surface area (Å²) in [4.78, 5) is 16.1. The molecule has 1 aliphatic carbocycles. The highest BCUT2D eigenvalue weighted by Gasteiger charge is 2.36. The number of halogens is 1. The summed E-state index contributed by atoms with van der Waals surface area (Å²) in [6, 6.07) is 0. The first-order valence-electron chi connectivity index (χ1n) is 6.77. The minimum absolute atomic E-state index is 0.0124. The summed E-state index contributed by atoms with van der Waals surface area (Å²) in [5.74, 6) is -0.924. The fourth-order valence-electron chi connectivity index (χ4n) is 2.88. The Kier molecular flexibility index (Phi) is 4.12. The number of hydrogen-bond donors (Lipinski definition) is 2. The molecule has 0 spiro atoms. The van der Waals surface area contributed by atoms with Gasteiger partial charge in [0, 0.05) is 14.8 Å². The molecule has 1 heterocycles. The lowest BCUT2D eigenvalue weighted by Crippen LogP contribution is -2.29. The van der Waals surface area contributed by atoms with Crippen LogP contribution in [0.15, 0.2) is 0 Å². The molecule has 0 fully saturated rings. The van der Waals surface area contributed by atoms with Crippen molar-refractivity contribution in [3.63, 3.8) is 0 Å². The predicted molar refractivity (Wildman–Crippen MR) is 85.1 cm³/mol. The van der Waals surface area contributed by atoms with E-state index in [1.165, 1.54) is 0 Å². The number of rotatable bonds is 2. The molecule has 1 aromatic heterocycles. The van der Waals surface area contributed by atoms with Gasteiger partial charge in [0.05, 0.1) is 17.4 Å². The Bertz CT molecular complexity index is 567. The maximum Gasteiger partial charge on any atom is 0.338 e. The fourth-order valence-corrected chi connectivity index (χ4v) is 4.06. The lowest BCUT2D eigenvalue weighted by molar-refractivity contribution is 0.0691. The Morgan fingerprint density at radius 1 is 1.45 bits per heavy atom. The number of aromatic nitrogens is 1. The summed E-state index contributed by atoms with van der Waals surface area (Å²) in [5.41, 5.74) is 2.42. The van der Waals surface area contributed by atoms with E-state index in [-0.39, 0.29) is 16.9 Å². The van der Waals surface area contributed by atoms with Crippen LogP contribution in [0.2, 0.25) is 0 Å². The average Bonchev–Trinajstić information content (AvgIpc) is 2.24. The topological polar surface area (TPSA) is 70.4 Å². The van der Waals surface area contributed by atoms with Gasteiger partial charge in [-0.2, -0.15) is 0 Å². The van der Waals surface area contributed by atoms with Crippen molar-refractivity contribution in [3.8, 4) is 0 Å². The molecule has 0 amide bonds. The average molecular weight is 389 g/mol. The van der Waals surface area contributed by atoms with E-state index < -0.39 is 12.1 Å². The number of carboxylic acids is 1. The molecular formula is C15H20INO3. The van der Waals surface area contributed by atoms with Crippen molar-refractivity contribution in [2.24, 2.45) is 5.41 Å². The Hall–Kier alpha value is -0.690. The minimum Gasteiger partial charge on any atom is -0.478 e. The Balaban J connectivity index is 2.72. The number of carboxylic acid groups (broad SMARTS) is 1. The summed E-state index contributed by atoms with van der Waals surface area (Å²) >= 11 is 2.04. The number of nitrogens with zero attached hydrogens (tertiary/aromatic N) is 1. The van der Waals surface area contributed by atoms with Crippen LogP contribution in [0.4, 0.5) is 0 Å². The number of aromatic carboxylic acids is 1. The van der Waals surface area contributed by atoms with Crippen molar-refractivity contribution in [2.45, 2.75) is 52.6 Å². The van der Waals surface area contributed by atoms with E-state index in [1.807, 2.05) is 36.4 Å². The van der Waals surface area contributed by atoms with Gasteiger partial charge in [-0.3, -0.25) is 4.98 Å². The quantitative estimate of drug-likeness (QED) is 0.760. The second-order valence-electron chi connectivity index (χ2n) is 6.57. The van der Waals surface area contributed by atoms with Crippen LogP contribution in [0.5, 0.6) is 0 Å². The van der Waals surface area contributed by atoms with E-state index in [1.54, 1.807) is 0 Å². The van der Waals surface area contributed by atoms with Gasteiger partial charge in [0.1, 0.15) is 0 Å². The predicted octanol–water partition coefficient (Wildman–Crippen LogP) is 3.51. The van der Waals surface area contributed by atoms with Crippen molar-refractivity contribution in [2.75, 3.05) is 0 Å². The van der Waals surface area contributed by atoms with Gasteiger partial charge in [0.25, 0.3) is 0 Å². The van der Waals surface area contributed by atoms with Crippen LogP contribution in [0.3, 0.4) is 0 Å². The molecule has 0 aliphatic heterocycles. The highest BCUT2D eigenvalue weighted by atomic mass is 127. The molecular weight excluding hydrogens is 369 g/mol. The first-order chi connectivity index (χ1) is 9.14. The molecule has 0 aromatic carbocycles. The molecule has 2 rings (SSSR count). The van der Waals surface area contributed by atoms with Gasteiger partial charge in [0.2, 0.25) is 0 Å². The maximum atomic E-state index is 11.5. The van der Waals surface area contributed by atoms with E-state index in [2.05, 4.69) is 18.8 Å². The third-order valence-corrected chi connectivity index (χ3v) is 4.88. The summed E-state index contributed by atoms with van der Waals surface area (Å²) in [6.45, 7) is 8.10. The van der Waals surface area contributed by atoms with E-state index >= 15 is 0 Å². The summed E-state index contributed by atoms with van der Waals surface area (Å²) < 4.78 is 0.645. The van der Waals surface area contributed by atoms with Crippen LogP contribution in [-0.2, 0) is 6.42 Å². The molecule has 1 aromatic rings. The molecule has 4 nitrogen and oxygen atoms in total. The highest BCUT2D eigenvalue weighted by Crippen LogP contribution is 2.43. The van der Waals surface area contributed by atoms with Crippen LogP contribution in [0.1, 0.15) is 73.4 Å². The Labute approximate surface area is 132 Å². The molecule has 2 N–H and O–H groups in total. The fraction of sp³-hybridized carbons (Fsp3) is 0.600. The molecule has 20 heavy (non-hydrogen) atoms. The Morgan fingerprint density at radius 2 is 2.05 bits per heavy atom. The van der Waals surface area contributed by atoms with Crippen LogP contribution in [0, 0.1) is 8.99 Å². The number of carbonyl (C=O) groups is 1. The maximum absolute atomic E-state index is 11.5. The zero-order valence-electron chi connectivity index (χ0n) is 12.2. The summed E-state index contributed by atoms with van der Waals surface area (Å²) in [7, 11) is 0. The van der Waals surface area contributed by atoms with Crippen molar-refractivity contribution >= 4 is 28.6 Å². The molecule has 0 saturated carbocycles. The van der Waals surface area contributed by atoms with Gasteiger partial charge in [-0.15, -0.1) is 0 Å². The van der Waals surface area contributed by atoms with E-state index in [9.17, 15) is 15.0 Å². The molecule has 5 heteroatoms. The van der Waals surface area contributed by atoms with Crippen molar-refractivity contribution in [1.82, 2.24) is 4.98 Å². The number of pyridine rings is 1. The standard InChI is InChI=1S/C15H20INO3/c1-7(2)13-11(14(19)20)12(16)10-8(17-13)5-15(3,4)6-9(10)18/h7,9,18H,5-6H2,1-4H3,(H,19,20). The van der Waals surface area contributed by atoms with Crippen LogP contribution in [-0.4, -0.2) is 21.2 Å². The second kappa shape index (κ2) is 5.26. The van der Waals surface area contributed by atoms with Crippen LogP contribution < -0.4 is 0 Å². The first-order valence-corrected chi connectivity index (χ1v) is 7.85. The summed E-state index contributed by atoms with van der Waals surface area (Å²) in [5, 5.41) is 19.8. The summed E-state index contributed by atoms with van der Waals surface area (Å²) in [6.07, 6.45) is 0.778. The van der Waals surface area contributed by atoms with E-state index in [4.69, 9.17) is 0 Å². The molecule has 0 bridgehead atoms. The normalized spacial score (nSPS) is 20.9. The van der Waals surface area contributed by atoms with Crippen LogP contribution in [0.25, 0.3) is 0 Å². The number of aliphatic hydroxyl groups is 1. The lowest BCUT2D eigenvalue weighted by Gasteiger charge is -2.35. The number of hydrogen-bond acceptors (Lipinski definition) is 3. The van der Waals surface area contributed by atoms with Gasteiger partial charge in [-0.1, -0.05) is 27.7 Å². The Morgan fingerprint density at radius 3 is 2.55 bits per heavy atom. The minimum atomic E-state index is -0.967. The second-order valence-corrected chi connectivity index (χ2v) is 7.65. The lowest BCUT2D eigenvalue weighted by atomic mass is 9.74. The monoisotopic (exact) mass is 389 g/mol. The zero-order valence-corrected chi connectivity index (χ0v) is 14.4.